The lowest BCUT2D eigenvalue weighted by Crippen LogP contribution is -2.36. The van der Waals surface area contributed by atoms with Crippen LogP contribution < -0.4 is 5.32 Å². The molecule has 5 heteroatoms. The standard InChI is InChI=1S/C23H34N2O3/c1-4-13-25(14-5-2)15-18-19(26)11-12-20-22(18)21(16(3)28-20)23(27)24-17-9-7-6-8-10-17/h11-12,17,26H,4-10,13-15H2,1-3H3,(H,24,27). The monoisotopic (exact) mass is 386 g/mol. The Bertz CT molecular complexity index is 800. The normalized spacial score (nSPS) is 15.4. The van der Waals surface area contributed by atoms with E-state index < -0.39 is 0 Å². The van der Waals surface area contributed by atoms with Crippen LogP contribution in [0.15, 0.2) is 16.5 Å². The molecule has 1 aromatic heterocycles. The van der Waals surface area contributed by atoms with Crippen molar-refractivity contribution in [3.63, 3.8) is 0 Å². The van der Waals surface area contributed by atoms with Gasteiger partial charge >= 0.3 is 0 Å². The molecule has 3 rings (SSSR count). The molecule has 2 aromatic rings. The number of nitrogens with zero attached hydrogens (tertiary/aromatic N) is 1. The quantitative estimate of drug-likeness (QED) is 0.660. The van der Waals surface area contributed by atoms with Gasteiger partial charge in [0, 0.05) is 23.5 Å². The summed E-state index contributed by atoms with van der Waals surface area (Å²) in [5.74, 6) is 0.775. The largest absolute Gasteiger partial charge is 0.508 e. The van der Waals surface area contributed by atoms with E-state index in [1.54, 1.807) is 12.1 Å². The van der Waals surface area contributed by atoms with Crippen molar-refractivity contribution in [2.75, 3.05) is 13.1 Å². The molecule has 0 aliphatic heterocycles. The minimum absolute atomic E-state index is 0.0764. The summed E-state index contributed by atoms with van der Waals surface area (Å²) in [6, 6.07) is 3.69. The molecule has 5 nitrogen and oxygen atoms in total. The van der Waals surface area contributed by atoms with Crippen LogP contribution in [0.1, 0.15) is 80.5 Å². The van der Waals surface area contributed by atoms with Gasteiger partial charge in [-0.15, -0.1) is 0 Å². The second-order valence-electron chi connectivity index (χ2n) is 8.05. The Balaban J connectivity index is 1.96. The maximum Gasteiger partial charge on any atom is 0.255 e. The van der Waals surface area contributed by atoms with E-state index in [4.69, 9.17) is 4.42 Å². The van der Waals surface area contributed by atoms with E-state index in [2.05, 4.69) is 24.1 Å². The van der Waals surface area contributed by atoms with Crippen LogP contribution in [0.25, 0.3) is 11.0 Å². The molecule has 154 valence electrons. The number of amides is 1. The highest BCUT2D eigenvalue weighted by atomic mass is 16.3. The number of carbonyl (C=O) groups is 1. The molecule has 0 atom stereocenters. The molecule has 1 aromatic carbocycles. The van der Waals surface area contributed by atoms with Crippen molar-refractivity contribution in [3.05, 3.63) is 29.0 Å². The molecule has 1 amide bonds. The second kappa shape index (κ2) is 9.46. The maximum absolute atomic E-state index is 13.1. The number of phenolic OH excluding ortho intramolecular Hbond substituents is 1. The van der Waals surface area contributed by atoms with Crippen molar-refractivity contribution < 1.29 is 14.3 Å². The number of aryl methyl sites for hydroxylation is 1. The zero-order valence-electron chi connectivity index (χ0n) is 17.5. The molecule has 2 N–H and O–H groups in total. The van der Waals surface area contributed by atoms with Gasteiger partial charge < -0.3 is 14.8 Å². The highest BCUT2D eigenvalue weighted by Crippen LogP contribution is 2.35. The van der Waals surface area contributed by atoms with Gasteiger partial charge in [-0.1, -0.05) is 33.1 Å². The van der Waals surface area contributed by atoms with Crippen molar-refractivity contribution >= 4 is 16.9 Å². The fraction of sp³-hybridized carbons (Fsp3) is 0.609. The first kappa shape index (κ1) is 20.7. The molecule has 0 spiro atoms. The summed E-state index contributed by atoms with van der Waals surface area (Å²) in [4.78, 5) is 15.5. The van der Waals surface area contributed by atoms with Crippen LogP contribution in [0.2, 0.25) is 0 Å². The average molecular weight is 387 g/mol. The fourth-order valence-corrected chi connectivity index (χ4v) is 4.43. The van der Waals surface area contributed by atoms with Gasteiger partial charge in [0.2, 0.25) is 0 Å². The van der Waals surface area contributed by atoms with Crippen molar-refractivity contribution in [3.8, 4) is 5.75 Å². The van der Waals surface area contributed by atoms with Crippen molar-refractivity contribution in [2.24, 2.45) is 0 Å². The number of carbonyl (C=O) groups excluding carboxylic acids is 1. The molecule has 0 unspecified atom stereocenters. The van der Waals surface area contributed by atoms with Gasteiger partial charge in [-0.25, -0.2) is 0 Å². The predicted octanol–water partition coefficient (Wildman–Crippen LogP) is 5.13. The number of hydrogen-bond acceptors (Lipinski definition) is 4. The van der Waals surface area contributed by atoms with Gasteiger partial charge in [-0.3, -0.25) is 9.69 Å². The maximum atomic E-state index is 13.1. The third kappa shape index (κ3) is 4.52. The van der Waals surface area contributed by atoms with Crippen molar-refractivity contribution in [1.82, 2.24) is 10.2 Å². The highest BCUT2D eigenvalue weighted by Gasteiger charge is 2.25. The Morgan fingerprint density at radius 2 is 1.86 bits per heavy atom. The second-order valence-corrected chi connectivity index (χ2v) is 8.05. The molecular weight excluding hydrogens is 352 g/mol. The molecule has 1 saturated carbocycles. The van der Waals surface area contributed by atoms with Crippen LogP contribution in [-0.2, 0) is 6.54 Å². The van der Waals surface area contributed by atoms with Gasteiger partial charge in [-0.2, -0.15) is 0 Å². The molecule has 0 saturated heterocycles. The molecule has 0 radical (unpaired) electrons. The Hall–Kier alpha value is -2.01. The molecule has 1 fully saturated rings. The summed E-state index contributed by atoms with van der Waals surface area (Å²) in [5.41, 5.74) is 2.05. The zero-order valence-corrected chi connectivity index (χ0v) is 17.5. The summed E-state index contributed by atoms with van der Waals surface area (Å²) in [5, 5.41) is 14.6. The van der Waals surface area contributed by atoms with Crippen molar-refractivity contribution in [1.29, 1.82) is 0 Å². The number of benzene rings is 1. The number of rotatable bonds is 8. The lowest BCUT2D eigenvalue weighted by atomic mass is 9.95. The lowest BCUT2D eigenvalue weighted by molar-refractivity contribution is 0.0927. The van der Waals surface area contributed by atoms with E-state index in [-0.39, 0.29) is 17.7 Å². The van der Waals surface area contributed by atoms with E-state index >= 15 is 0 Å². The van der Waals surface area contributed by atoms with E-state index in [1.165, 1.54) is 19.3 Å². The van der Waals surface area contributed by atoms with Crippen LogP contribution in [0.4, 0.5) is 0 Å². The topological polar surface area (TPSA) is 65.7 Å². The van der Waals surface area contributed by atoms with Crippen LogP contribution >= 0.6 is 0 Å². The summed E-state index contributed by atoms with van der Waals surface area (Å²) in [7, 11) is 0. The first-order valence-corrected chi connectivity index (χ1v) is 10.8. The summed E-state index contributed by atoms with van der Waals surface area (Å²) >= 11 is 0. The predicted molar refractivity (Wildman–Crippen MR) is 113 cm³/mol. The number of furan rings is 1. The SMILES string of the molecule is CCCN(CCC)Cc1c(O)ccc2oc(C)c(C(=O)NC3CCCCC3)c12. The van der Waals surface area contributed by atoms with Crippen molar-refractivity contribution in [2.45, 2.75) is 78.3 Å². The molecule has 1 aliphatic rings. The smallest absolute Gasteiger partial charge is 0.255 e. The fourth-order valence-electron chi connectivity index (χ4n) is 4.43. The van der Waals surface area contributed by atoms with E-state index in [1.807, 2.05) is 6.92 Å². The molecular formula is C23H34N2O3. The van der Waals surface area contributed by atoms with Gasteiger partial charge in [0.15, 0.2) is 0 Å². The summed E-state index contributed by atoms with van der Waals surface area (Å²) in [6.45, 7) is 8.70. The average Bonchev–Trinajstić information content (AvgIpc) is 3.01. The summed E-state index contributed by atoms with van der Waals surface area (Å²) in [6.07, 6.45) is 7.78. The third-order valence-corrected chi connectivity index (χ3v) is 5.74. The van der Waals surface area contributed by atoms with Crippen LogP contribution in [0.3, 0.4) is 0 Å². The zero-order chi connectivity index (χ0) is 20.1. The first-order chi connectivity index (χ1) is 13.5. The number of nitrogens with one attached hydrogen (secondary N) is 1. The van der Waals surface area contributed by atoms with Gasteiger partial charge in [0.25, 0.3) is 5.91 Å². The molecule has 1 aliphatic carbocycles. The summed E-state index contributed by atoms with van der Waals surface area (Å²) < 4.78 is 5.92. The number of phenols is 1. The number of hydrogen-bond donors (Lipinski definition) is 2. The van der Waals surface area contributed by atoms with E-state index in [0.29, 0.717) is 23.5 Å². The lowest BCUT2D eigenvalue weighted by Gasteiger charge is -2.23. The number of aromatic hydroxyl groups is 1. The number of fused-ring (bicyclic) bond motifs is 1. The van der Waals surface area contributed by atoms with Gasteiger partial charge in [0.05, 0.1) is 5.56 Å². The van der Waals surface area contributed by atoms with Crippen LogP contribution in [0, 0.1) is 6.92 Å². The van der Waals surface area contributed by atoms with Crippen LogP contribution in [0.5, 0.6) is 5.75 Å². The highest BCUT2D eigenvalue weighted by molar-refractivity contribution is 6.09. The molecule has 1 heterocycles. The van der Waals surface area contributed by atoms with E-state index in [9.17, 15) is 9.90 Å². The van der Waals surface area contributed by atoms with E-state index in [0.717, 1.165) is 49.7 Å². The molecule has 0 bridgehead atoms. The molecule has 28 heavy (non-hydrogen) atoms. The van der Waals surface area contributed by atoms with Crippen LogP contribution in [-0.4, -0.2) is 35.0 Å². The minimum Gasteiger partial charge on any atom is -0.508 e. The third-order valence-electron chi connectivity index (χ3n) is 5.74. The van der Waals surface area contributed by atoms with Gasteiger partial charge in [-0.05, 0) is 57.8 Å². The Kier molecular flexibility index (Phi) is 7.00. The Labute approximate surface area is 168 Å². The Morgan fingerprint density at radius 1 is 1.18 bits per heavy atom. The van der Waals surface area contributed by atoms with Gasteiger partial charge in [0.1, 0.15) is 17.1 Å². The first-order valence-electron chi connectivity index (χ1n) is 10.8. The Morgan fingerprint density at radius 3 is 2.50 bits per heavy atom. The minimum atomic E-state index is -0.0764.